The Morgan fingerprint density at radius 3 is 2.39 bits per heavy atom. The van der Waals surface area contributed by atoms with Gasteiger partial charge in [-0.1, -0.05) is 36.2 Å². The number of rotatable bonds is 11. The quantitative estimate of drug-likeness (QED) is 0.174. The summed E-state index contributed by atoms with van der Waals surface area (Å²) in [7, 11) is 0. The van der Waals surface area contributed by atoms with Crippen LogP contribution in [0.25, 0.3) is 5.69 Å². The first-order chi connectivity index (χ1) is 23.8. The second kappa shape index (κ2) is 14.2. The molecule has 5 heterocycles. The molecule has 5 aromatic rings. The Kier molecular flexibility index (Phi) is 9.64. The van der Waals surface area contributed by atoms with E-state index in [9.17, 15) is 4.79 Å². The fourth-order valence-electron chi connectivity index (χ4n) is 6.21. The van der Waals surface area contributed by atoms with Crippen molar-refractivity contribution in [2.75, 3.05) is 49.2 Å². The number of imidazole rings is 1. The molecule has 2 aliphatic heterocycles. The summed E-state index contributed by atoms with van der Waals surface area (Å²) in [5.41, 5.74) is 3.54. The smallest absolute Gasteiger partial charge is 0.350 e. The van der Waals surface area contributed by atoms with E-state index in [-0.39, 0.29) is 24.4 Å². The van der Waals surface area contributed by atoms with Crippen molar-refractivity contribution in [2.24, 2.45) is 0 Å². The number of pyridine rings is 1. The van der Waals surface area contributed by atoms with E-state index in [2.05, 4.69) is 37.0 Å². The molecule has 0 spiro atoms. The van der Waals surface area contributed by atoms with Gasteiger partial charge in [-0.05, 0) is 55.8 Å². The van der Waals surface area contributed by atoms with Crippen LogP contribution in [0.1, 0.15) is 31.9 Å². The molecule has 0 amide bonds. The van der Waals surface area contributed by atoms with Crippen molar-refractivity contribution in [2.45, 2.75) is 44.7 Å². The Labute approximate surface area is 294 Å². The second-order valence-electron chi connectivity index (χ2n) is 12.3. The summed E-state index contributed by atoms with van der Waals surface area (Å²) in [6.07, 6.45) is 9.21. The van der Waals surface area contributed by atoms with E-state index in [4.69, 9.17) is 37.4 Å². The van der Waals surface area contributed by atoms with Gasteiger partial charge in [0, 0.05) is 60.9 Å². The van der Waals surface area contributed by atoms with Gasteiger partial charge in [0.1, 0.15) is 19.0 Å². The normalized spacial score (nSPS) is 20.1. The number of benzene rings is 2. The molecular formula is C35H38Cl2N8O4. The van der Waals surface area contributed by atoms with E-state index in [1.807, 2.05) is 61.1 Å². The topological polar surface area (TPSA) is 105 Å². The van der Waals surface area contributed by atoms with E-state index in [0.29, 0.717) is 34.6 Å². The molecule has 2 aromatic carbocycles. The van der Waals surface area contributed by atoms with E-state index < -0.39 is 5.79 Å². The zero-order valence-electron chi connectivity index (χ0n) is 27.4. The molecule has 256 valence electrons. The zero-order valence-corrected chi connectivity index (χ0v) is 28.9. The number of halogens is 2. The molecule has 0 radical (unpaired) electrons. The first-order valence-electron chi connectivity index (χ1n) is 16.4. The fourth-order valence-corrected chi connectivity index (χ4v) is 6.77. The number of nitrogens with zero attached hydrogens (tertiary/aromatic N) is 8. The number of hydrogen-bond donors (Lipinski definition) is 0. The van der Waals surface area contributed by atoms with Crippen LogP contribution in [0.5, 0.6) is 5.88 Å². The van der Waals surface area contributed by atoms with E-state index in [1.165, 1.54) is 4.68 Å². The van der Waals surface area contributed by atoms with Crippen LogP contribution in [0.3, 0.4) is 0 Å². The van der Waals surface area contributed by atoms with Crippen LogP contribution in [-0.4, -0.2) is 74.4 Å². The van der Waals surface area contributed by atoms with Crippen molar-refractivity contribution >= 4 is 34.6 Å². The van der Waals surface area contributed by atoms with Crippen molar-refractivity contribution < 1.29 is 14.2 Å². The maximum absolute atomic E-state index is 12.8. The van der Waals surface area contributed by atoms with Gasteiger partial charge >= 0.3 is 5.69 Å². The molecule has 7 rings (SSSR count). The Hall–Kier alpha value is -4.36. The average molecular weight is 706 g/mol. The van der Waals surface area contributed by atoms with E-state index in [0.717, 1.165) is 49.7 Å². The molecule has 14 heteroatoms. The number of piperazine rings is 1. The maximum atomic E-state index is 12.8. The number of ether oxygens (including phenoxy) is 3. The third-order valence-electron chi connectivity index (χ3n) is 9.13. The standard InChI is InChI=1S/C35H38Cl2N8O4/c1-3-25(2)45-34(46)44(24-40-45)28-7-5-27(6-8-28)42-14-16-43(17-15-42)29-9-11-33(39-19-29)47-20-30-21-48-35(49-30,22-41-13-12-38-23-41)31-10-4-26(36)18-32(31)37/h4-13,18-19,23-25,30H,3,14-17,20-22H2,1-2H3/t25?,30-,35-/m1/s1. The van der Waals surface area contributed by atoms with Gasteiger partial charge in [0.2, 0.25) is 11.7 Å². The third-order valence-corrected chi connectivity index (χ3v) is 9.68. The van der Waals surface area contributed by atoms with Gasteiger partial charge in [-0.25, -0.2) is 24.0 Å². The predicted molar refractivity (Wildman–Crippen MR) is 188 cm³/mol. The minimum atomic E-state index is -1.12. The summed E-state index contributed by atoms with van der Waals surface area (Å²) in [4.78, 5) is 26.2. The Balaban J connectivity index is 0.925. The minimum absolute atomic E-state index is 0.0618. The van der Waals surface area contributed by atoms with Crippen molar-refractivity contribution in [1.82, 2.24) is 28.9 Å². The molecule has 0 bridgehead atoms. The molecule has 1 unspecified atom stereocenters. The summed E-state index contributed by atoms with van der Waals surface area (Å²) in [6.45, 7) is 8.41. The van der Waals surface area contributed by atoms with Crippen LogP contribution in [0.4, 0.5) is 11.4 Å². The summed E-state index contributed by atoms with van der Waals surface area (Å²) in [5, 5.41) is 5.29. The van der Waals surface area contributed by atoms with Gasteiger partial charge in [0.05, 0.1) is 48.1 Å². The largest absolute Gasteiger partial charge is 0.475 e. The summed E-state index contributed by atoms with van der Waals surface area (Å²) < 4.78 is 23.8. The lowest BCUT2D eigenvalue weighted by molar-refractivity contribution is -0.189. The van der Waals surface area contributed by atoms with Gasteiger partial charge in [-0.15, -0.1) is 0 Å². The first kappa shape index (κ1) is 33.2. The molecule has 3 atom stereocenters. The summed E-state index contributed by atoms with van der Waals surface area (Å²) in [6, 6.07) is 17.4. The highest BCUT2D eigenvalue weighted by atomic mass is 35.5. The lowest BCUT2D eigenvalue weighted by Crippen LogP contribution is -2.46. The predicted octanol–water partition coefficient (Wildman–Crippen LogP) is 5.58. The molecule has 49 heavy (non-hydrogen) atoms. The highest BCUT2D eigenvalue weighted by Gasteiger charge is 2.45. The molecule has 2 fully saturated rings. The Bertz CT molecular complexity index is 1910. The molecule has 0 saturated carbocycles. The van der Waals surface area contributed by atoms with E-state index >= 15 is 0 Å². The van der Waals surface area contributed by atoms with Crippen molar-refractivity contribution in [3.05, 3.63) is 112 Å². The number of hydrogen-bond acceptors (Lipinski definition) is 9. The van der Waals surface area contributed by atoms with Crippen LogP contribution in [0, 0.1) is 0 Å². The number of aromatic nitrogens is 6. The Morgan fingerprint density at radius 2 is 1.71 bits per heavy atom. The monoisotopic (exact) mass is 704 g/mol. The van der Waals surface area contributed by atoms with Gasteiger partial charge in [0.25, 0.3) is 0 Å². The highest BCUT2D eigenvalue weighted by Crippen LogP contribution is 2.40. The molecule has 2 saturated heterocycles. The third kappa shape index (κ3) is 7.04. The van der Waals surface area contributed by atoms with Crippen molar-refractivity contribution in [1.29, 1.82) is 0 Å². The van der Waals surface area contributed by atoms with Crippen LogP contribution < -0.4 is 20.2 Å². The van der Waals surface area contributed by atoms with Gasteiger partial charge in [-0.3, -0.25) is 0 Å². The van der Waals surface area contributed by atoms with Gasteiger partial charge in [-0.2, -0.15) is 5.10 Å². The Morgan fingerprint density at radius 1 is 0.980 bits per heavy atom. The lowest BCUT2D eigenvalue weighted by atomic mass is 10.1. The maximum Gasteiger partial charge on any atom is 0.350 e. The first-order valence-corrected chi connectivity index (χ1v) is 17.2. The molecule has 3 aromatic heterocycles. The highest BCUT2D eigenvalue weighted by molar-refractivity contribution is 6.35. The zero-order chi connectivity index (χ0) is 34.0. The van der Waals surface area contributed by atoms with Crippen LogP contribution in [0.15, 0.2) is 90.6 Å². The van der Waals surface area contributed by atoms with Crippen LogP contribution in [0.2, 0.25) is 10.0 Å². The minimum Gasteiger partial charge on any atom is -0.475 e. The van der Waals surface area contributed by atoms with E-state index in [1.54, 1.807) is 35.6 Å². The molecule has 2 aliphatic rings. The number of anilines is 2. The lowest BCUT2D eigenvalue weighted by Gasteiger charge is -2.37. The second-order valence-corrected chi connectivity index (χ2v) is 13.1. The van der Waals surface area contributed by atoms with Gasteiger partial charge in [0.15, 0.2) is 0 Å². The summed E-state index contributed by atoms with van der Waals surface area (Å²) >= 11 is 12.8. The van der Waals surface area contributed by atoms with Crippen LogP contribution in [-0.2, 0) is 21.8 Å². The van der Waals surface area contributed by atoms with Gasteiger partial charge < -0.3 is 28.6 Å². The molecule has 0 N–H and O–H groups in total. The summed E-state index contributed by atoms with van der Waals surface area (Å²) in [5.74, 6) is -0.606. The van der Waals surface area contributed by atoms with Crippen molar-refractivity contribution in [3.8, 4) is 11.6 Å². The van der Waals surface area contributed by atoms with Crippen LogP contribution >= 0.6 is 23.2 Å². The molecule has 12 nitrogen and oxygen atoms in total. The average Bonchev–Trinajstić information content (AvgIpc) is 3.88. The van der Waals surface area contributed by atoms with Crippen molar-refractivity contribution in [3.63, 3.8) is 0 Å². The molecular weight excluding hydrogens is 667 g/mol. The fraction of sp³-hybridized carbons (Fsp3) is 0.371. The molecule has 0 aliphatic carbocycles. The SMILES string of the molecule is CCC(C)n1ncn(-c2ccc(N3CCN(c4ccc(OC[C@@H]5CO[C@@](Cn6ccnc6)(c6ccc(Cl)cc6Cl)O5)nc4)CC3)cc2)c1=O.